The van der Waals surface area contributed by atoms with Crippen LogP contribution in [-0.2, 0) is 0 Å². The fraction of sp³-hybridized carbons (Fsp3) is 0. The number of aromatic hydroxyl groups is 1. The first-order valence-corrected chi connectivity index (χ1v) is 6.14. The quantitative estimate of drug-likeness (QED) is 0.673. The van der Waals surface area contributed by atoms with Crippen molar-refractivity contribution in [3.63, 3.8) is 0 Å². The molecule has 2 heteroatoms. The standard InChI is InChI=1S/C17H13NO/c19-15-10-9-14-7-4-8-17(16(14)11-15)18-12-13-5-2-1-3-6-13/h1-12,19H. The predicted molar refractivity (Wildman–Crippen MR) is 79.3 cm³/mol. The smallest absolute Gasteiger partial charge is 0.116 e. The number of nitrogens with zero attached hydrogens (tertiary/aromatic N) is 1. The molecule has 1 N–H and O–H groups in total. The second-order valence-electron chi connectivity index (χ2n) is 4.35. The van der Waals surface area contributed by atoms with E-state index in [2.05, 4.69) is 4.99 Å². The molecule has 0 unspecified atom stereocenters. The van der Waals surface area contributed by atoms with E-state index in [0.29, 0.717) is 0 Å². The van der Waals surface area contributed by atoms with Crippen LogP contribution in [-0.4, -0.2) is 11.3 Å². The van der Waals surface area contributed by atoms with Crippen molar-refractivity contribution in [1.29, 1.82) is 0 Å². The Morgan fingerprint density at radius 2 is 1.68 bits per heavy atom. The number of rotatable bonds is 2. The molecular formula is C17H13NO. The molecule has 0 saturated carbocycles. The molecule has 0 bridgehead atoms. The molecule has 0 saturated heterocycles. The summed E-state index contributed by atoms with van der Waals surface area (Å²) in [4.78, 5) is 4.51. The minimum absolute atomic E-state index is 0.259. The summed E-state index contributed by atoms with van der Waals surface area (Å²) in [6.07, 6.45) is 1.83. The minimum atomic E-state index is 0.259. The Hall–Kier alpha value is -2.61. The molecule has 92 valence electrons. The monoisotopic (exact) mass is 247 g/mol. The normalized spacial score (nSPS) is 11.2. The average Bonchev–Trinajstić information content (AvgIpc) is 2.46. The van der Waals surface area contributed by atoms with Crippen molar-refractivity contribution >= 4 is 22.7 Å². The van der Waals surface area contributed by atoms with Gasteiger partial charge in [0.15, 0.2) is 0 Å². The summed E-state index contributed by atoms with van der Waals surface area (Å²) >= 11 is 0. The van der Waals surface area contributed by atoms with Gasteiger partial charge in [-0.2, -0.15) is 0 Å². The van der Waals surface area contributed by atoms with Crippen LogP contribution < -0.4 is 0 Å². The Morgan fingerprint density at radius 1 is 0.842 bits per heavy atom. The minimum Gasteiger partial charge on any atom is -0.508 e. The first kappa shape index (κ1) is 11.5. The Bertz CT molecular complexity index is 733. The van der Waals surface area contributed by atoms with E-state index < -0.39 is 0 Å². The molecule has 3 aromatic carbocycles. The van der Waals surface area contributed by atoms with Gasteiger partial charge in [-0.1, -0.05) is 48.5 Å². The van der Waals surface area contributed by atoms with Crippen molar-refractivity contribution in [1.82, 2.24) is 0 Å². The number of benzene rings is 3. The van der Waals surface area contributed by atoms with E-state index in [4.69, 9.17) is 0 Å². The maximum absolute atomic E-state index is 9.59. The lowest BCUT2D eigenvalue weighted by molar-refractivity contribution is 0.476. The van der Waals surface area contributed by atoms with Crippen LogP contribution in [0.15, 0.2) is 71.7 Å². The molecule has 0 heterocycles. The first-order chi connectivity index (χ1) is 9.33. The molecule has 0 aliphatic heterocycles. The predicted octanol–water partition coefficient (Wildman–Crippen LogP) is 4.30. The van der Waals surface area contributed by atoms with Crippen LogP contribution in [0, 0.1) is 0 Å². The molecule has 19 heavy (non-hydrogen) atoms. The Labute approximate surface area is 111 Å². The molecule has 2 nitrogen and oxygen atoms in total. The average molecular weight is 247 g/mol. The van der Waals surface area contributed by atoms with E-state index in [9.17, 15) is 5.11 Å². The summed E-state index contributed by atoms with van der Waals surface area (Å²) in [6.45, 7) is 0. The molecule has 0 atom stereocenters. The van der Waals surface area contributed by atoms with Crippen LogP contribution in [0.4, 0.5) is 5.69 Å². The molecule has 0 aliphatic carbocycles. The first-order valence-electron chi connectivity index (χ1n) is 6.14. The van der Waals surface area contributed by atoms with Crippen LogP contribution in [0.3, 0.4) is 0 Å². The van der Waals surface area contributed by atoms with E-state index in [0.717, 1.165) is 22.0 Å². The summed E-state index contributed by atoms with van der Waals surface area (Å²) in [5, 5.41) is 11.6. The second kappa shape index (κ2) is 4.94. The molecule has 0 amide bonds. The largest absolute Gasteiger partial charge is 0.508 e. The summed E-state index contributed by atoms with van der Waals surface area (Å²) in [7, 11) is 0. The fourth-order valence-electron chi connectivity index (χ4n) is 2.04. The zero-order valence-electron chi connectivity index (χ0n) is 10.3. The lowest BCUT2D eigenvalue weighted by Crippen LogP contribution is -1.79. The van der Waals surface area contributed by atoms with Gasteiger partial charge in [0.1, 0.15) is 5.75 Å². The van der Waals surface area contributed by atoms with Gasteiger partial charge in [0, 0.05) is 11.6 Å². The highest BCUT2D eigenvalue weighted by atomic mass is 16.3. The van der Waals surface area contributed by atoms with Gasteiger partial charge < -0.3 is 5.11 Å². The Balaban J connectivity index is 2.06. The highest BCUT2D eigenvalue weighted by Gasteiger charge is 2.00. The molecule has 3 aromatic rings. The van der Waals surface area contributed by atoms with Gasteiger partial charge in [0.25, 0.3) is 0 Å². The van der Waals surface area contributed by atoms with Crippen LogP contribution in [0.2, 0.25) is 0 Å². The van der Waals surface area contributed by atoms with Gasteiger partial charge in [-0.3, -0.25) is 4.99 Å². The lowest BCUT2D eigenvalue weighted by Gasteiger charge is -2.02. The zero-order valence-corrected chi connectivity index (χ0v) is 10.3. The molecule has 0 spiro atoms. The second-order valence-corrected chi connectivity index (χ2v) is 4.35. The third kappa shape index (κ3) is 2.47. The van der Waals surface area contributed by atoms with Crippen molar-refractivity contribution in [3.05, 3.63) is 72.3 Å². The summed E-state index contributed by atoms with van der Waals surface area (Å²) in [6, 6.07) is 21.2. The third-order valence-corrected chi connectivity index (χ3v) is 2.99. The molecule has 3 rings (SSSR count). The van der Waals surface area contributed by atoms with Crippen molar-refractivity contribution < 1.29 is 5.11 Å². The number of fused-ring (bicyclic) bond motifs is 1. The van der Waals surface area contributed by atoms with Crippen LogP contribution in [0.25, 0.3) is 10.8 Å². The molecule has 0 radical (unpaired) electrons. The number of phenols is 1. The van der Waals surface area contributed by atoms with Crippen LogP contribution >= 0.6 is 0 Å². The maximum atomic E-state index is 9.59. The van der Waals surface area contributed by atoms with Crippen LogP contribution in [0.5, 0.6) is 5.75 Å². The van der Waals surface area contributed by atoms with E-state index >= 15 is 0 Å². The Morgan fingerprint density at radius 3 is 2.53 bits per heavy atom. The Kier molecular flexibility index (Phi) is 2.99. The highest BCUT2D eigenvalue weighted by molar-refractivity contribution is 5.96. The number of hydrogen-bond acceptors (Lipinski definition) is 2. The van der Waals surface area contributed by atoms with Gasteiger partial charge in [0.05, 0.1) is 5.69 Å². The van der Waals surface area contributed by atoms with Crippen molar-refractivity contribution in [2.75, 3.05) is 0 Å². The van der Waals surface area contributed by atoms with Gasteiger partial charge in [-0.05, 0) is 29.1 Å². The zero-order chi connectivity index (χ0) is 13.1. The van der Waals surface area contributed by atoms with Crippen molar-refractivity contribution in [2.24, 2.45) is 4.99 Å². The summed E-state index contributed by atoms with van der Waals surface area (Å²) in [5.41, 5.74) is 1.91. The third-order valence-electron chi connectivity index (χ3n) is 2.99. The topological polar surface area (TPSA) is 32.6 Å². The number of phenolic OH excluding ortho intramolecular Hbond substituents is 1. The van der Waals surface area contributed by atoms with Crippen molar-refractivity contribution in [3.8, 4) is 5.75 Å². The SMILES string of the molecule is Oc1ccc2cccc(N=Cc3ccccc3)c2c1. The fourth-order valence-corrected chi connectivity index (χ4v) is 2.04. The molecule has 0 fully saturated rings. The molecule has 0 aliphatic rings. The molecule has 0 aromatic heterocycles. The highest BCUT2D eigenvalue weighted by Crippen LogP contribution is 2.28. The van der Waals surface area contributed by atoms with E-state index in [1.807, 2.05) is 60.8 Å². The summed E-state index contributed by atoms with van der Waals surface area (Å²) in [5.74, 6) is 0.259. The van der Waals surface area contributed by atoms with Gasteiger partial charge >= 0.3 is 0 Å². The van der Waals surface area contributed by atoms with Crippen LogP contribution in [0.1, 0.15) is 5.56 Å². The summed E-state index contributed by atoms with van der Waals surface area (Å²) < 4.78 is 0. The van der Waals surface area contributed by atoms with E-state index in [1.165, 1.54) is 0 Å². The van der Waals surface area contributed by atoms with E-state index in [1.54, 1.807) is 12.1 Å². The van der Waals surface area contributed by atoms with E-state index in [-0.39, 0.29) is 5.75 Å². The van der Waals surface area contributed by atoms with Gasteiger partial charge in [0.2, 0.25) is 0 Å². The number of hydrogen-bond donors (Lipinski definition) is 1. The maximum Gasteiger partial charge on any atom is 0.116 e. The van der Waals surface area contributed by atoms with Gasteiger partial charge in [-0.15, -0.1) is 0 Å². The molecular weight excluding hydrogens is 234 g/mol. The van der Waals surface area contributed by atoms with Gasteiger partial charge in [-0.25, -0.2) is 0 Å². The lowest BCUT2D eigenvalue weighted by atomic mass is 10.1. The number of aliphatic imine (C=N–C) groups is 1. The van der Waals surface area contributed by atoms with Crippen molar-refractivity contribution in [2.45, 2.75) is 0 Å².